The third-order valence-corrected chi connectivity index (χ3v) is 2.55. The summed E-state index contributed by atoms with van der Waals surface area (Å²) in [6.45, 7) is 2.86. The van der Waals surface area contributed by atoms with Crippen LogP contribution in [0.1, 0.15) is 23.7 Å². The predicted molar refractivity (Wildman–Crippen MR) is 75.2 cm³/mol. The van der Waals surface area contributed by atoms with Crippen molar-refractivity contribution >= 4 is 17.5 Å². The molecule has 1 aromatic carbocycles. The van der Waals surface area contributed by atoms with E-state index in [0.29, 0.717) is 11.6 Å². The predicted octanol–water partition coefficient (Wildman–Crippen LogP) is 2.69. The molecule has 104 valence electrons. The number of hydrogen-bond acceptors (Lipinski definition) is 4. The SMILES string of the molecule is CCCNc1ccc(NC(=O)c2cccc(F)c2)nn1. The Hall–Kier alpha value is -2.50. The molecule has 6 heteroatoms. The topological polar surface area (TPSA) is 66.9 Å². The van der Waals surface area contributed by atoms with E-state index < -0.39 is 11.7 Å². The zero-order chi connectivity index (χ0) is 14.4. The number of nitrogens with one attached hydrogen (secondary N) is 2. The van der Waals surface area contributed by atoms with Crippen molar-refractivity contribution in [1.29, 1.82) is 0 Å². The molecule has 2 rings (SSSR count). The van der Waals surface area contributed by atoms with Gasteiger partial charge in [-0.15, -0.1) is 10.2 Å². The Kier molecular flexibility index (Phi) is 4.60. The van der Waals surface area contributed by atoms with Gasteiger partial charge in [0.15, 0.2) is 5.82 Å². The van der Waals surface area contributed by atoms with E-state index in [2.05, 4.69) is 20.8 Å². The maximum absolute atomic E-state index is 13.0. The quantitative estimate of drug-likeness (QED) is 0.879. The summed E-state index contributed by atoms with van der Waals surface area (Å²) >= 11 is 0. The highest BCUT2D eigenvalue weighted by Gasteiger charge is 2.08. The third-order valence-electron chi connectivity index (χ3n) is 2.55. The number of carbonyl (C=O) groups excluding carboxylic acids is 1. The molecule has 0 bridgehead atoms. The van der Waals surface area contributed by atoms with Crippen molar-refractivity contribution in [3.63, 3.8) is 0 Å². The summed E-state index contributed by atoms with van der Waals surface area (Å²) in [4.78, 5) is 11.9. The molecule has 1 amide bonds. The fourth-order valence-corrected chi connectivity index (χ4v) is 1.56. The van der Waals surface area contributed by atoms with Crippen LogP contribution in [0.3, 0.4) is 0 Å². The first-order chi connectivity index (χ1) is 9.69. The van der Waals surface area contributed by atoms with Crippen molar-refractivity contribution in [1.82, 2.24) is 10.2 Å². The second-order valence-electron chi connectivity index (χ2n) is 4.20. The Balaban J connectivity index is 2.01. The van der Waals surface area contributed by atoms with Crippen LogP contribution in [0.25, 0.3) is 0 Å². The smallest absolute Gasteiger partial charge is 0.256 e. The highest BCUT2D eigenvalue weighted by molar-refractivity contribution is 6.03. The molecule has 0 fully saturated rings. The molecule has 0 unspecified atom stereocenters. The van der Waals surface area contributed by atoms with Crippen molar-refractivity contribution in [2.24, 2.45) is 0 Å². The van der Waals surface area contributed by atoms with Gasteiger partial charge in [-0.05, 0) is 36.8 Å². The molecule has 0 aliphatic carbocycles. The summed E-state index contributed by atoms with van der Waals surface area (Å²) in [7, 11) is 0. The molecule has 1 heterocycles. The minimum Gasteiger partial charge on any atom is -0.369 e. The zero-order valence-electron chi connectivity index (χ0n) is 11.1. The second-order valence-corrected chi connectivity index (χ2v) is 4.20. The van der Waals surface area contributed by atoms with Crippen LogP contribution in [0, 0.1) is 5.82 Å². The minimum atomic E-state index is -0.456. The van der Waals surface area contributed by atoms with Crippen LogP contribution in [0.5, 0.6) is 0 Å². The molecule has 0 aliphatic heterocycles. The van der Waals surface area contributed by atoms with Gasteiger partial charge in [-0.3, -0.25) is 4.79 Å². The maximum Gasteiger partial charge on any atom is 0.256 e. The van der Waals surface area contributed by atoms with E-state index >= 15 is 0 Å². The van der Waals surface area contributed by atoms with Crippen molar-refractivity contribution in [2.75, 3.05) is 17.2 Å². The van der Waals surface area contributed by atoms with Crippen molar-refractivity contribution < 1.29 is 9.18 Å². The lowest BCUT2D eigenvalue weighted by Crippen LogP contribution is -2.14. The fraction of sp³-hybridized carbons (Fsp3) is 0.214. The normalized spacial score (nSPS) is 10.1. The van der Waals surface area contributed by atoms with Gasteiger partial charge in [0.2, 0.25) is 0 Å². The highest BCUT2D eigenvalue weighted by Crippen LogP contribution is 2.09. The molecular weight excluding hydrogens is 259 g/mol. The molecule has 2 N–H and O–H groups in total. The number of aromatic nitrogens is 2. The number of nitrogens with zero attached hydrogens (tertiary/aromatic N) is 2. The Labute approximate surface area is 116 Å². The molecule has 0 saturated heterocycles. The van der Waals surface area contributed by atoms with E-state index in [-0.39, 0.29) is 5.56 Å². The largest absolute Gasteiger partial charge is 0.369 e. The van der Waals surface area contributed by atoms with Crippen LogP contribution < -0.4 is 10.6 Å². The maximum atomic E-state index is 13.0. The minimum absolute atomic E-state index is 0.236. The third kappa shape index (κ3) is 3.74. The Morgan fingerprint density at radius 1 is 1.20 bits per heavy atom. The summed E-state index contributed by atoms with van der Waals surface area (Å²) < 4.78 is 13.0. The first-order valence-corrected chi connectivity index (χ1v) is 6.33. The van der Waals surface area contributed by atoms with Gasteiger partial charge in [0.1, 0.15) is 11.6 Å². The number of benzene rings is 1. The molecule has 1 aromatic heterocycles. The molecule has 0 aliphatic rings. The van der Waals surface area contributed by atoms with Crippen LogP contribution in [0.2, 0.25) is 0 Å². The standard InChI is InChI=1S/C14H15FN4O/c1-2-8-16-12-6-7-13(19-18-12)17-14(20)10-4-3-5-11(15)9-10/h3-7,9H,2,8H2,1H3,(H,16,18)(H,17,19,20). The van der Waals surface area contributed by atoms with Gasteiger partial charge in [0, 0.05) is 12.1 Å². The molecule has 0 spiro atoms. The molecule has 5 nitrogen and oxygen atoms in total. The number of amides is 1. The van der Waals surface area contributed by atoms with Gasteiger partial charge in [0.05, 0.1) is 0 Å². The summed E-state index contributed by atoms with van der Waals surface area (Å²) in [5, 5.41) is 13.5. The van der Waals surface area contributed by atoms with Crippen LogP contribution in [-0.4, -0.2) is 22.6 Å². The number of halogens is 1. The van der Waals surface area contributed by atoms with Gasteiger partial charge in [-0.25, -0.2) is 4.39 Å². The van der Waals surface area contributed by atoms with Crippen LogP contribution in [0.15, 0.2) is 36.4 Å². The van der Waals surface area contributed by atoms with E-state index in [1.165, 1.54) is 24.3 Å². The molecule has 0 atom stereocenters. The second kappa shape index (κ2) is 6.60. The number of rotatable bonds is 5. The van der Waals surface area contributed by atoms with E-state index in [1.807, 2.05) is 6.92 Å². The lowest BCUT2D eigenvalue weighted by Gasteiger charge is -2.06. The average molecular weight is 274 g/mol. The fourth-order valence-electron chi connectivity index (χ4n) is 1.56. The monoisotopic (exact) mass is 274 g/mol. The van der Waals surface area contributed by atoms with Gasteiger partial charge >= 0.3 is 0 Å². The summed E-state index contributed by atoms with van der Waals surface area (Å²) in [6, 6.07) is 8.83. The molecule has 0 saturated carbocycles. The highest BCUT2D eigenvalue weighted by atomic mass is 19.1. The first-order valence-electron chi connectivity index (χ1n) is 6.33. The molecule has 2 aromatic rings. The van der Waals surface area contributed by atoms with Crippen LogP contribution >= 0.6 is 0 Å². The van der Waals surface area contributed by atoms with E-state index in [4.69, 9.17) is 0 Å². The van der Waals surface area contributed by atoms with Crippen molar-refractivity contribution in [3.05, 3.63) is 47.8 Å². The van der Waals surface area contributed by atoms with E-state index in [1.54, 1.807) is 12.1 Å². The molecule has 0 radical (unpaired) electrons. The summed E-state index contributed by atoms with van der Waals surface area (Å²) in [5.41, 5.74) is 0.236. The zero-order valence-corrected chi connectivity index (χ0v) is 11.1. The number of carbonyl (C=O) groups is 1. The van der Waals surface area contributed by atoms with Gasteiger partial charge in [-0.2, -0.15) is 0 Å². The van der Waals surface area contributed by atoms with Crippen molar-refractivity contribution in [2.45, 2.75) is 13.3 Å². The van der Waals surface area contributed by atoms with Crippen LogP contribution in [-0.2, 0) is 0 Å². The van der Waals surface area contributed by atoms with Crippen LogP contribution in [0.4, 0.5) is 16.0 Å². The van der Waals surface area contributed by atoms with E-state index in [9.17, 15) is 9.18 Å². The number of anilines is 2. The summed E-state index contributed by atoms with van der Waals surface area (Å²) in [5.74, 6) is 0.0906. The van der Waals surface area contributed by atoms with Gasteiger partial charge in [0.25, 0.3) is 5.91 Å². The van der Waals surface area contributed by atoms with E-state index in [0.717, 1.165) is 13.0 Å². The average Bonchev–Trinajstić information content (AvgIpc) is 2.46. The first kappa shape index (κ1) is 13.9. The Bertz CT molecular complexity index is 586. The lowest BCUT2D eigenvalue weighted by atomic mass is 10.2. The van der Waals surface area contributed by atoms with Gasteiger partial charge in [-0.1, -0.05) is 13.0 Å². The lowest BCUT2D eigenvalue weighted by molar-refractivity contribution is 0.102. The number of hydrogen-bond donors (Lipinski definition) is 2. The Morgan fingerprint density at radius 2 is 1.95 bits per heavy atom. The molecule has 20 heavy (non-hydrogen) atoms. The van der Waals surface area contributed by atoms with Gasteiger partial charge < -0.3 is 10.6 Å². The summed E-state index contributed by atoms with van der Waals surface area (Å²) in [6.07, 6.45) is 0.986. The Morgan fingerprint density at radius 3 is 2.60 bits per heavy atom. The molecular formula is C14H15FN4O. The van der Waals surface area contributed by atoms with Crippen molar-refractivity contribution in [3.8, 4) is 0 Å².